The van der Waals surface area contributed by atoms with Crippen LogP contribution in [0.25, 0.3) is 5.57 Å². The first kappa shape index (κ1) is 7.56. The molecule has 0 N–H and O–H groups in total. The van der Waals surface area contributed by atoms with Gasteiger partial charge in [-0.15, -0.1) is 0 Å². The van der Waals surface area contributed by atoms with E-state index in [-0.39, 0.29) is 0 Å². The minimum atomic E-state index is 0.760. The maximum atomic E-state index is 5.32. The predicted octanol–water partition coefficient (Wildman–Crippen LogP) is 2.75. The van der Waals surface area contributed by atoms with Crippen LogP contribution in [0.1, 0.15) is 23.6 Å². The van der Waals surface area contributed by atoms with Crippen LogP contribution in [0, 0.1) is 0 Å². The molecule has 1 aliphatic rings. The van der Waals surface area contributed by atoms with E-state index in [1.165, 1.54) is 16.7 Å². The highest BCUT2D eigenvalue weighted by Crippen LogP contribution is 2.23. The van der Waals surface area contributed by atoms with E-state index in [4.69, 9.17) is 4.74 Å². The van der Waals surface area contributed by atoms with Crippen molar-refractivity contribution < 1.29 is 4.74 Å². The maximum Gasteiger partial charge on any atom is 0.0725 e. The molecule has 1 aliphatic heterocycles. The van der Waals surface area contributed by atoms with Gasteiger partial charge in [0.25, 0.3) is 0 Å². The molecule has 0 radical (unpaired) electrons. The molecule has 1 heterocycles. The third kappa shape index (κ3) is 1.16. The van der Waals surface area contributed by atoms with Crippen LogP contribution < -0.4 is 0 Å². The Bertz CT molecular complexity index is 326. The number of fused-ring (bicyclic) bond motifs is 1. The average Bonchev–Trinajstić information content (AvgIpc) is 2.49. The Kier molecular flexibility index (Phi) is 1.74. The van der Waals surface area contributed by atoms with Crippen molar-refractivity contribution in [3.8, 4) is 0 Å². The van der Waals surface area contributed by atoms with Crippen LogP contribution >= 0.6 is 0 Å². The lowest BCUT2D eigenvalue weighted by Crippen LogP contribution is -1.84. The van der Waals surface area contributed by atoms with E-state index in [9.17, 15) is 0 Å². The first-order valence-electron chi connectivity index (χ1n) is 4.13. The molecule has 0 bridgehead atoms. The van der Waals surface area contributed by atoms with Crippen molar-refractivity contribution >= 4 is 5.57 Å². The lowest BCUT2D eigenvalue weighted by Gasteiger charge is -2.01. The number of allylic oxidation sites excluding steroid dienone is 1. The van der Waals surface area contributed by atoms with Crippen LogP contribution in [-0.2, 0) is 18.0 Å². The minimum absolute atomic E-state index is 0.760. The van der Waals surface area contributed by atoms with E-state index in [2.05, 4.69) is 24.8 Å². The summed E-state index contributed by atoms with van der Waals surface area (Å²) < 4.78 is 5.32. The standard InChI is InChI=1S/C11H12O/c1-8(2)9-3-4-10-6-12-7-11(10)5-9/h3-5H,1,6-7H2,2H3. The summed E-state index contributed by atoms with van der Waals surface area (Å²) in [6.07, 6.45) is 0. The van der Waals surface area contributed by atoms with Gasteiger partial charge in [0.1, 0.15) is 0 Å². The molecule has 0 unspecified atom stereocenters. The molecule has 1 heteroatoms. The highest BCUT2D eigenvalue weighted by atomic mass is 16.5. The summed E-state index contributed by atoms with van der Waals surface area (Å²) in [5.41, 5.74) is 4.97. The molecule has 0 aromatic heterocycles. The number of rotatable bonds is 1. The van der Waals surface area contributed by atoms with Gasteiger partial charge in [0, 0.05) is 0 Å². The van der Waals surface area contributed by atoms with E-state index >= 15 is 0 Å². The van der Waals surface area contributed by atoms with Crippen LogP contribution in [0.3, 0.4) is 0 Å². The summed E-state index contributed by atoms with van der Waals surface area (Å²) in [6, 6.07) is 6.41. The first-order chi connectivity index (χ1) is 5.77. The Balaban J connectivity index is 2.45. The van der Waals surface area contributed by atoms with Crippen LogP contribution in [-0.4, -0.2) is 0 Å². The molecule has 0 aliphatic carbocycles. The Morgan fingerprint density at radius 2 is 2.08 bits per heavy atom. The van der Waals surface area contributed by atoms with Crippen molar-refractivity contribution in [3.63, 3.8) is 0 Å². The summed E-state index contributed by atoms with van der Waals surface area (Å²) in [7, 11) is 0. The lowest BCUT2D eigenvalue weighted by atomic mass is 10.0. The molecule has 0 saturated carbocycles. The molecule has 0 amide bonds. The molecule has 1 aromatic carbocycles. The fourth-order valence-corrected chi connectivity index (χ4v) is 1.44. The highest BCUT2D eigenvalue weighted by molar-refractivity contribution is 5.62. The molecule has 0 atom stereocenters. The van der Waals surface area contributed by atoms with E-state index in [1.807, 2.05) is 6.92 Å². The summed E-state index contributed by atoms with van der Waals surface area (Å²) in [5, 5.41) is 0. The lowest BCUT2D eigenvalue weighted by molar-refractivity contribution is 0.134. The number of hydrogen-bond acceptors (Lipinski definition) is 1. The second-order valence-electron chi connectivity index (χ2n) is 3.26. The minimum Gasteiger partial charge on any atom is -0.372 e. The summed E-state index contributed by atoms with van der Waals surface area (Å²) in [6.45, 7) is 7.47. The fourth-order valence-electron chi connectivity index (χ4n) is 1.44. The van der Waals surface area contributed by atoms with Gasteiger partial charge in [-0.3, -0.25) is 0 Å². The molecule has 0 spiro atoms. The summed E-state index contributed by atoms with van der Waals surface area (Å²) in [4.78, 5) is 0. The number of ether oxygens (including phenoxy) is 1. The molecule has 2 rings (SSSR count). The Morgan fingerprint density at radius 1 is 1.33 bits per heavy atom. The van der Waals surface area contributed by atoms with E-state index < -0.39 is 0 Å². The summed E-state index contributed by atoms with van der Waals surface area (Å²) >= 11 is 0. The van der Waals surface area contributed by atoms with Gasteiger partial charge in [0.15, 0.2) is 0 Å². The van der Waals surface area contributed by atoms with Gasteiger partial charge in [-0.2, -0.15) is 0 Å². The third-order valence-electron chi connectivity index (χ3n) is 2.21. The van der Waals surface area contributed by atoms with E-state index in [0.717, 1.165) is 18.8 Å². The van der Waals surface area contributed by atoms with Crippen molar-refractivity contribution in [2.45, 2.75) is 20.1 Å². The molecule has 1 aromatic rings. The van der Waals surface area contributed by atoms with Crippen molar-refractivity contribution in [2.24, 2.45) is 0 Å². The molecule has 62 valence electrons. The zero-order valence-corrected chi connectivity index (χ0v) is 7.26. The molecule has 1 nitrogen and oxygen atoms in total. The van der Waals surface area contributed by atoms with Crippen molar-refractivity contribution in [3.05, 3.63) is 41.5 Å². The zero-order chi connectivity index (χ0) is 8.55. The largest absolute Gasteiger partial charge is 0.372 e. The number of benzene rings is 1. The smallest absolute Gasteiger partial charge is 0.0725 e. The van der Waals surface area contributed by atoms with Crippen molar-refractivity contribution in [1.82, 2.24) is 0 Å². The predicted molar refractivity (Wildman–Crippen MR) is 49.6 cm³/mol. The van der Waals surface area contributed by atoms with E-state index in [0.29, 0.717) is 0 Å². The maximum absolute atomic E-state index is 5.32. The molecule has 0 fully saturated rings. The van der Waals surface area contributed by atoms with Gasteiger partial charge in [-0.1, -0.05) is 24.3 Å². The Morgan fingerprint density at radius 3 is 2.83 bits per heavy atom. The van der Waals surface area contributed by atoms with Crippen LogP contribution in [0.2, 0.25) is 0 Å². The molecule has 12 heavy (non-hydrogen) atoms. The van der Waals surface area contributed by atoms with Crippen LogP contribution in [0.4, 0.5) is 0 Å². The second-order valence-corrected chi connectivity index (χ2v) is 3.26. The zero-order valence-electron chi connectivity index (χ0n) is 7.26. The van der Waals surface area contributed by atoms with Crippen molar-refractivity contribution in [2.75, 3.05) is 0 Å². The van der Waals surface area contributed by atoms with Gasteiger partial charge in [-0.25, -0.2) is 0 Å². The normalized spacial score (nSPS) is 14.4. The topological polar surface area (TPSA) is 9.23 Å². The monoisotopic (exact) mass is 160 g/mol. The van der Waals surface area contributed by atoms with Crippen LogP contribution in [0.15, 0.2) is 24.8 Å². The molecular weight excluding hydrogens is 148 g/mol. The first-order valence-corrected chi connectivity index (χ1v) is 4.13. The van der Waals surface area contributed by atoms with Gasteiger partial charge < -0.3 is 4.74 Å². The van der Waals surface area contributed by atoms with Gasteiger partial charge >= 0.3 is 0 Å². The SMILES string of the molecule is C=C(C)c1ccc2c(c1)COC2. The quantitative estimate of drug-likeness (QED) is 0.613. The highest BCUT2D eigenvalue weighted by Gasteiger charge is 2.10. The molecule has 0 saturated heterocycles. The number of hydrogen-bond donors (Lipinski definition) is 0. The molecular formula is C11H12O. The van der Waals surface area contributed by atoms with E-state index in [1.54, 1.807) is 0 Å². The second kappa shape index (κ2) is 2.76. The average molecular weight is 160 g/mol. The van der Waals surface area contributed by atoms with Gasteiger partial charge in [0.2, 0.25) is 0 Å². The summed E-state index contributed by atoms with van der Waals surface area (Å²) in [5.74, 6) is 0. The Hall–Kier alpha value is -1.08. The Labute approximate surface area is 72.7 Å². The van der Waals surface area contributed by atoms with Gasteiger partial charge in [0.05, 0.1) is 13.2 Å². The fraction of sp³-hybridized carbons (Fsp3) is 0.273. The van der Waals surface area contributed by atoms with Crippen molar-refractivity contribution in [1.29, 1.82) is 0 Å². The third-order valence-corrected chi connectivity index (χ3v) is 2.21. The van der Waals surface area contributed by atoms with Gasteiger partial charge in [-0.05, 0) is 29.7 Å². The van der Waals surface area contributed by atoms with Crippen LogP contribution in [0.5, 0.6) is 0 Å².